The molecule has 0 unspecified atom stereocenters. The molecule has 21 heavy (non-hydrogen) atoms. The minimum absolute atomic E-state index is 0.0833. The van der Waals surface area contributed by atoms with Gasteiger partial charge < -0.3 is 10.4 Å². The molecule has 6 nitrogen and oxygen atoms in total. The third-order valence-corrected chi connectivity index (χ3v) is 3.35. The summed E-state index contributed by atoms with van der Waals surface area (Å²) in [5, 5.41) is 22.6. The molecule has 8 heteroatoms. The lowest BCUT2D eigenvalue weighted by Crippen LogP contribution is -2.05. The highest BCUT2D eigenvalue weighted by molar-refractivity contribution is 14.1. The van der Waals surface area contributed by atoms with Gasteiger partial charge in [-0.05, 0) is 52.9 Å². The summed E-state index contributed by atoms with van der Waals surface area (Å²) in [5.74, 6) is -2.64. The number of carboxylic acids is 1. The first kappa shape index (κ1) is 15.2. The Morgan fingerprint density at radius 3 is 2.43 bits per heavy atom. The van der Waals surface area contributed by atoms with Gasteiger partial charge in [-0.15, -0.1) is 0 Å². The maximum atomic E-state index is 13.5. The van der Waals surface area contributed by atoms with Gasteiger partial charge in [0, 0.05) is 9.26 Å². The molecule has 0 fully saturated rings. The number of nitro groups is 1. The van der Waals surface area contributed by atoms with E-state index in [1.165, 1.54) is 0 Å². The number of carboxylic acid groups (broad SMARTS) is 1. The van der Waals surface area contributed by atoms with Gasteiger partial charge in [-0.1, -0.05) is 0 Å². The van der Waals surface area contributed by atoms with Crippen LogP contribution in [-0.4, -0.2) is 16.0 Å². The lowest BCUT2D eigenvalue weighted by Gasteiger charge is -2.09. The lowest BCUT2D eigenvalue weighted by molar-refractivity contribution is -0.384. The quantitative estimate of drug-likeness (QED) is 0.462. The number of carbonyl (C=O) groups is 1. The number of nitro benzene ring substituents is 1. The molecule has 0 spiro atoms. The Morgan fingerprint density at radius 1 is 1.29 bits per heavy atom. The van der Waals surface area contributed by atoms with E-state index in [9.17, 15) is 19.3 Å². The molecule has 2 aromatic rings. The zero-order valence-corrected chi connectivity index (χ0v) is 12.5. The first-order valence-electron chi connectivity index (χ1n) is 5.62. The lowest BCUT2D eigenvalue weighted by atomic mass is 10.1. The van der Waals surface area contributed by atoms with Crippen LogP contribution in [0.1, 0.15) is 10.4 Å². The van der Waals surface area contributed by atoms with Crippen molar-refractivity contribution in [2.75, 3.05) is 5.32 Å². The SMILES string of the molecule is O=C(O)c1cc(Nc2ccc(I)cc2)c([N+](=O)[O-])cc1F. The number of benzene rings is 2. The Hall–Kier alpha value is -2.23. The second-order valence-corrected chi connectivity index (χ2v) is 5.29. The molecule has 0 aliphatic rings. The number of hydrogen-bond acceptors (Lipinski definition) is 4. The van der Waals surface area contributed by atoms with Gasteiger partial charge in [-0.2, -0.15) is 0 Å². The third-order valence-electron chi connectivity index (χ3n) is 2.64. The van der Waals surface area contributed by atoms with Crippen molar-refractivity contribution in [3.8, 4) is 0 Å². The van der Waals surface area contributed by atoms with E-state index in [0.29, 0.717) is 11.8 Å². The number of nitrogens with one attached hydrogen (secondary N) is 1. The van der Waals surface area contributed by atoms with E-state index in [1.807, 2.05) is 0 Å². The fourth-order valence-electron chi connectivity index (χ4n) is 1.67. The summed E-state index contributed by atoms with van der Waals surface area (Å²) in [6.07, 6.45) is 0. The van der Waals surface area contributed by atoms with Crippen molar-refractivity contribution < 1.29 is 19.2 Å². The molecule has 0 radical (unpaired) electrons. The number of hydrogen-bond donors (Lipinski definition) is 2. The van der Waals surface area contributed by atoms with Gasteiger partial charge in [0.2, 0.25) is 0 Å². The zero-order valence-electron chi connectivity index (χ0n) is 10.3. The Kier molecular flexibility index (Phi) is 4.36. The number of anilines is 2. The molecule has 0 saturated carbocycles. The van der Waals surface area contributed by atoms with Crippen molar-refractivity contribution >= 4 is 45.6 Å². The van der Waals surface area contributed by atoms with Gasteiger partial charge in [-0.25, -0.2) is 9.18 Å². The molecular formula is C13H8FIN2O4. The number of rotatable bonds is 4. The Morgan fingerprint density at radius 2 is 1.90 bits per heavy atom. The molecule has 2 rings (SSSR count). The van der Waals surface area contributed by atoms with E-state index in [4.69, 9.17) is 5.11 Å². The highest BCUT2D eigenvalue weighted by Crippen LogP contribution is 2.30. The van der Waals surface area contributed by atoms with Crippen LogP contribution in [-0.2, 0) is 0 Å². The molecule has 0 saturated heterocycles. The molecule has 0 aliphatic carbocycles. The van der Waals surface area contributed by atoms with Gasteiger partial charge in [0.25, 0.3) is 5.69 Å². The van der Waals surface area contributed by atoms with Crippen molar-refractivity contribution in [2.45, 2.75) is 0 Å². The summed E-state index contributed by atoms with van der Waals surface area (Å²) in [5.41, 5.74) is -0.717. The van der Waals surface area contributed by atoms with Crippen LogP contribution in [0.25, 0.3) is 0 Å². The van der Waals surface area contributed by atoms with Crippen LogP contribution in [0, 0.1) is 19.5 Å². The maximum absolute atomic E-state index is 13.5. The summed E-state index contributed by atoms with van der Waals surface area (Å²) in [7, 11) is 0. The molecule has 108 valence electrons. The van der Waals surface area contributed by atoms with Gasteiger partial charge in [-0.3, -0.25) is 10.1 Å². The molecule has 0 aromatic heterocycles. The van der Waals surface area contributed by atoms with Crippen molar-refractivity contribution in [3.05, 3.63) is 61.5 Å². The van der Waals surface area contributed by atoms with Crippen molar-refractivity contribution in [3.63, 3.8) is 0 Å². The Balaban J connectivity index is 2.49. The summed E-state index contributed by atoms with van der Waals surface area (Å²) >= 11 is 2.10. The van der Waals surface area contributed by atoms with Gasteiger partial charge >= 0.3 is 5.97 Å². The van der Waals surface area contributed by atoms with E-state index >= 15 is 0 Å². The topological polar surface area (TPSA) is 92.5 Å². The van der Waals surface area contributed by atoms with Crippen LogP contribution in [0.5, 0.6) is 0 Å². The minimum Gasteiger partial charge on any atom is -0.478 e. The van der Waals surface area contributed by atoms with Crippen LogP contribution >= 0.6 is 22.6 Å². The van der Waals surface area contributed by atoms with Gasteiger partial charge in [0.05, 0.1) is 16.6 Å². The van der Waals surface area contributed by atoms with Crippen molar-refractivity contribution in [1.29, 1.82) is 0 Å². The Labute approximate surface area is 131 Å². The van der Waals surface area contributed by atoms with Crippen molar-refractivity contribution in [2.24, 2.45) is 0 Å². The fraction of sp³-hybridized carbons (Fsp3) is 0. The molecular weight excluding hydrogens is 394 g/mol. The van der Waals surface area contributed by atoms with Crippen LogP contribution in [0.15, 0.2) is 36.4 Å². The highest BCUT2D eigenvalue weighted by atomic mass is 127. The first-order chi connectivity index (χ1) is 9.88. The second-order valence-electron chi connectivity index (χ2n) is 4.04. The zero-order chi connectivity index (χ0) is 15.6. The van der Waals surface area contributed by atoms with Crippen LogP contribution in [0.3, 0.4) is 0 Å². The summed E-state index contributed by atoms with van der Waals surface area (Å²) < 4.78 is 14.5. The number of aromatic carboxylic acids is 1. The second kappa shape index (κ2) is 6.04. The fourth-order valence-corrected chi connectivity index (χ4v) is 2.03. The van der Waals surface area contributed by atoms with E-state index in [-0.39, 0.29) is 5.69 Å². The van der Waals surface area contributed by atoms with Gasteiger partial charge in [0.1, 0.15) is 11.5 Å². The van der Waals surface area contributed by atoms with Crippen LogP contribution < -0.4 is 5.32 Å². The van der Waals surface area contributed by atoms with Crippen LogP contribution in [0.2, 0.25) is 0 Å². The minimum atomic E-state index is -1.49. The van der Waals surface area contributed by atoms with Gasteiger partial charge in [0.15, 0.2) is 0 Å². The van der Waals surface area contributed by atoms with Crippen molar-refractivity contribution in [1.82, 2.24) is 0 Å². The number of halogens is 2. The van der Waals surface area contributed by atoms with Crippen LogP contribution in [0.4, 0.5) is 21.5 Å². The molecule has 2 aromatic carbocycles. The highest BCUT2D eigenvalue weighted by Gasteiger charge is 2.21. The monoisotopic (exact) mass is 402 g/mol. The van der Waals surface area contributed by atoms with E-state index in [2.05, 4.69) is 27.9 Å². The predicted molar refractivity (Wildman–Crippen MR) is 82.5 cm³/mol. The average molecular weight is 402 g/mol. The van der Waals surface area contributed by atoms with E-state index in [0.717, 1.165) is 9.64 Å². The molecule has 0 bridgehead atoms. The predicted octanol–water partition coefficient (Wildman–Crippen LogP) is 3.78. The Bertz CT molecular complexity index is 719. The number of nitrogens with zero attached hydrogens (tertiary/aromatic N) is 1. The molecule has 2 N–H and O–H groups in total. The normalized spacial score (nSPS) is 10.2. The first-order valence-corrected chi connectivity index (χ1v) is 6.70. The third kappa shape index (κ3) is 3.45. The summed E-state index contributed by atoms with van der Waals surface area (Å²) in [6.45, 7) is 0. The molecule has 0 heterocycles. The summed E-state index contributed by atoms with van der Waals surface area (Å²) in [4.78, 5) is 21.1. The van der Waals surface area contributed by atoms with E-state index < -0.39 is 28.0 Å². The standard InChI is InChI=1S/C13H8FIN2O4/c14-10-6-12(17(20)21)11(5-9(10)13(18)19)16-8-3-1-7(15)2-4-8/h1-6,16H,(H,18,19). The largest absolute Gasteiger partial charge is 0.478 e. The smallest absolute Gasteiger partial charge is 0.338 e. The molecule has 0 aliphatic heterocycles. The maximum Gasteiger partial charge on any atom is 0.338 e. The molecule has 0 amide bonds. The molecule has 0 atom stereocenters. The summed E-state index contributed by atoms with van der Waals surface area (Å²) in [6, 6.07) is 8.41. The average Bonchev–Trinajstić information content (AvgIpc) is 2.42. The van der Waals surface area contributed by atoms with E-state index in [1.54, 1.807) is 24.3 Å².